The lowest BCUT2D eigenvalue weighted by atomic mass is 9.97. The fourth-order valence-electron chi connectivity index (χ4n) is 1.42. The van der Waals surface area contributed by atoms with Crippen molar-refractivity contribution < 1.29 is 10.0 Å². The number of anilines is 1. The number of hydrogen-bond acceptors (Lipinski definition) is 3. The molecule has 18 heavy (non-hydrogen) atoms. The fraction of sp³-hybridized carbons (Fsp3) is 0.385. The number of para-hydroxylation sites is 1. The predicted molar refractivity (Wildman–Crippen MR) is 71.6 cm³/mol. The minimum Gasteiger partial charge on any atom is -0.409 e. The second-order valence-corrected chi connectivity index (χ2v) is 4.55. The predicted octanol–water partition coefficient (Wildman–Crippen LogP) is 2.01. The average molecular weight is 249 g/mol. The Morgan fingerprint density at radius 2 is 1.94 bits per heavy atom. The molecule has 0 radical (unpaired) electrons. The van der Waals surface area contributed by atoms with Crippen LogP contribution in [0.2, 0.25) is 0 Å². The van der Waals surface area contributed by atoms with Gasteiger partial charge < -0.3 is 16.3 Å². The number of nitrogens with two attached hydrogens (primary N) is 1. The van der Waals surface area contributed by atoms with Crippen molar-refractivity contribution in [3.63, 3.8) is 0 Å². The van der Waals surface area contributed by atoms with Crippen LogP contribution in [0.4, 0.5) is 5.69 Å². The second kappa shape index (κ2) is 6.05. The van der Waals surface area contributed by atoms with Gasteiger partial charge in [0.2, 0.25) is 5.91 Å². The number of benzene rings is 1. The summed E-state index contributed by atoms with van der Waals surface area (Å²) in [5.74, 6) is 0.0395. The lowest BCUT2D eigenvalue weighted by molar-refractivity contribution is -0.120. The Kier molecular flexibility index (Phi) is 4.71. The Morgan fingerprint density at radius 3 is 2.50 bits per heavy atom. The molecule has 5 heteroatoms. The van der Waals surface area contributed by atoms with Gasteiger partial charge >= 0.3 is 0 Å². The van der Waals surface area contributed by atoms with Crippen LogP contribution in [0.15, 0.2) is 29.4 Å². The highest BCUT2D eigenvalue weighted by atomic mass is 16.4. The smallest absolute Gasteiger partial charge is 0.227 e. The highest BCUT2D eigenvalue weighted by molar-refractivity contribution is 6.05. The molecule has 5 nitrogen and oxygen atoms in total. The molecule has 0 spiro atoms. The second-order valence-electron chi connectivity index (χ2n) is 4.55. The third-order valence-corrected chi connectivity index (χ3v) is 2.98. The fourth-order valence-corrected chi connectivity index (χ4v) is 1.42. The molecule has 0 aliphatic heterocycles. The van der Waals surface area contributed by atoms with E-state index in [1.807, 2.05) is 20.8 Å². The van der Waals surface area contributed by atoms with Crippen molar-refractivity contribution in [3.8, 4) is 0 Å². The van der Waals surface area contributed by atoms with Gasteiger partial charge in [-0.05, 0) is 18.1 Å². The molecule has 1 unspecified atom stereocenters. The highest BCUT2D eigenvalue weighted by Gasteiger charge is 2.18. The van der Waals surface area contributed by atoms with Crippen molar-refractivity contribution in [3.05, 3.63) is 29.8 Å². The summed E-state index contributed by atoms with van der Waals surface area (Å²) in [4.78, 5) is 12.0. The summed E-state index contributed by atoms with van der Waals surface area (Å²) in [7, 11) is 0. The molecule has 0 aliphatic rings. The Balaban J connectivity index is 2.95. The van der Waals surface area contributed by atoms with E-state index in [9.17, 15) is 4.79 Å². The number of oxime groups is 1. The van der Waals surface area contributed by atoms with Gasteiger partial charge in [0.15, 0.2) is 5.84 Å². The molecule has 4 N–H and O–H groups in total. The lowest BCUT2D eigenvalue weighted by Crippen LogP contribution is -2.26. The molecule has 0 heterocycles. The molecule has 1 atom stereocenters. The van der Waals surface area contributed by atoms with Crippen LogP contribution >= 0.6 is 0 Å². The van der Waals surface area contributed by atoms with Gasteiger partial charge in [0.1, 0.15) is 0 Å². The van der Waals surface area contributed by atoms with Crippen LogP contribution in [0.3, 0.4) is 0 Å². The summed E-state index contributed by atoms with van der Waals surface area (Å²) in [5, 5.41) is 14.4. The third-order valence-electron chi connectivity index (χ3n) is 2.98. The largest absolute Gasteiger partial charge is 0.409 e. The molecule has 1 amide bonds. The first-order chi connectivity index (χ1) is 8.47. The number of amides is 1. The quantitative estimate of drug-likeness (QED) is 0.330. The maximum absolute atomic E-state index is 12.0. The van der Waals surface area contributed by atoms with E-state index < -0.39 is 0 Å². The molecule has 0 bridgehead atoms. The van der Waals surface area contributed by atoms with Crippen LogP contribution in [0.5, 0.6) is 0 Å². The zero-order valence-corrected chi connectivity index (χ0v) is 10.8. The van der Waals surface area contributed by atoms with Crippen LogP contribution in [0.1, 0.15) is 26.3 Å². The lowest BCUT2D eigenvalue weighted by Gasteiger charge is -2.16. The summed E-state index contributed by atoms with van der Waals surface area (Å²) in [6.45, 7) is 5.84. The van der Waals surface area contributed by atoms with Crippen molar-refractivity contribution in [2.24, 2.45) is 22.7 Å². The monoisotopic (exact) mass is 249 g/mol. The molecule has 1 aromatic carbocycles. The van der Waals surface area contributed by atoms with Gasteiger partial charge in [-0.1, -0.05) is 38.1 Å². The minimum absolute atomic E-state index is 0.0249. The van der Waals surface area contributed by atoms with Gasteiger partial charge in [-0.15, -0.1) is 0 Å². The number of nitrogens with zero attached hydrogens (tertiary/aromatic N) is 1. The molecule has 0 aromatic heterocycles. The Bertz CT molecular complexity index is 455. The van der Waals surface area contributed by atoms with Gasteiger partial charge in [-0.3, -0.25) is 4.79 Å². The molecule has 0 saturated heterocycles. The zero-order valence-electron chi connectivity index (χ0n) is 10.8. The van der Waals surface area contributed by atoms with E-state index in [4.69, 9.17) is 10.9 Å². The number of carbonyl (C=O) groups excluding carboxylic acids is 1. The van der Waals surface area contributed by atoms with E-state index in [0.29, 0.717) is 11.3 Å². The Hall–Kier alpha value is -2.04. The minimum atomic E-state index is -0.106. The first-order valence-electron chi connectivity index (χ1n) is 5.85. The maximum Gasteiger partial charge on any atom is 0.227 e. The maximum atomic E-state index is 12.0. The third kappa shape index (κ3) is 3.23. The van der Waals surface area contributed by atoms with E-state index in [0.717, 1.165) is 0 Å². The first-order valence-corrected chi connectivity index (χ1v) is 5.85. The average Bonchev–Trinajstić information content (AvgIpc) is 2.37. The van der Waals surface area contributed by atoms with E-state index >= 15 is 0 Å². The van der Waals surface area contributed by atoms with E-state index in [1.54, 1.807) is 24.3 Å². The normalized spacial score (nSPS) is 13.4. The van der Waals surface area contributed by atoms with Crippen molar-refractivity contribution in [2.45, 2.75) is 20.8 Å². The molecule has 1 aromatic rings. The standard InChI is InChI=1S/C13H19N3O2/c1-8(2)9(3)13(17)15-11-7-5-4-6-10(11)12(14)16-18/h4-9,18H,1-3H3,(H2,14,16)(H,15,17). The number of carbonyl (C=O) groups is 1. The zero-order chi connectivity index (χ0) is 13.7. The van der Waals surface area contributed by atoms with Crippen molar-refractivity contribution in [1.82, 2.24) is 0 Å². The molecular formula is C13H19N3O2. The summed E-state index contributed by atoms with van der Waals surface area (Å²) in [6, 6.07) is 6.95. The number of nitrogens with one attached hydrogen (secondary N) is 1. The van der Waals surface area contributed by atoms with Gasteiger partial charge in [-0.2, -0.15) is 0 Å². The van der Waals surface area contributed by atoms with Gasteiger partial charge in [0.05, 0.1) is 5.69 Å². The van der Waals surface area contributed by atoms with Crippen LogP contribution in [-0.2, 0) is 4.79 Å². The Morgan fingerprint density at radius 1 is 1.33 bits per heavy atom. The van der Waals surface area contributed by atoms with Crippen LogP contribution < -0.4 is 11.1 Å². The summed E-state index contributed by atoms with van der Waals surface area (Å²) in [5.41, 5.74) is 6.61. The Labute approximate surface area is 107 Å². The molecule has 0 aliphatic carbocycles. The summed E-state index contributed by atoms with van der Waals surface area (Å²) >= 11 is 0. The number of hydrogen-bond donors (Lipinski definition) is 3. The van der Waals surface area contributed by atoms with Crippen LogP contribution in [0.25, 0.3) is 0 Å². The van der Waals surface area contributed by atoms with Crippen LogP contribution in [0, 0.1) is 11.8 Å². The summed E-state index contributed by atoms with van der Waals surface area (Å²) in [6.07, 6.45) is 0. The van der Waals surface area contributed by atoms with E-state index in [2.05, 4.69) is 10.5 Å². The molecule has 1 rings (SSSR count). The van der Waals surface area contributed by atoms with Gasteiger partial charge in [-0.25, -0.2) is 0 Å². The van der Waals surface area contributed by atoms with Crippen molar-refractivity contribution in [1.29, 1.82) is 0 Å². The molecule has 0 saturated carbocycles. The first kappa shape index (κ1) is 14.0. The van der Waals surface area contributed by atoms with Crippen molar-refractivity contribution in [2.75, 3.05) is 5.32 Å². The number of amidine groups is 1. The molecule has 0 fully saturated rings. The molecular weight excluding hydrogens is 230 g/mol. The highest BCUT2D eigenvalue weighted by Crippen LogP contribution is 2.18. The van der Waals surface area contributed by atoms with Crippen LogP contribution in [-0.4, -0.2) is 17.0 Å². The molecule has 98 valence electrons. The summed E-state index contributed by atoms with van der Waals surface area (Å²) < 4.78 is 0. The van der Waals surface area contributed by atoms with Crippen molar-refractivity contribution >= 4 is 17.4 Å². The number of rotatable bonds is 4. The van der Waals surface area contributed by atoms with E-state index in [1.165, 1.54) is 0 Å². The van der Waals surface area contributed by atoms with E-state index in [-0.39, 0.29) is 23.6 Å². The SMILES string of the molecule is CC(C)C(C)C(=O)Nc1ccccc1C(N)=NO. The topological polar surface area (TPSA) is 87.7 Å². The van der Waals surface area contributed by atoms with Gasteiger partial charge in [0, 0.05) is 11.5 Å². The van der Waals surface area contributed by atoms with Gasteiger partial charge in [0.25, 0.3) is 0 Å².